The Hall–Kier alpha value is -2.27. The van der Waals surface area contributed by atoms with Gasteiger partial charge < -0.3 is 13.9 Å². The zero-order valence-corrected chi connectivity index (χ0v) is 17.3. The lowest BCUT2D eigenvalue weighted by atomic mass is 9.94. The summed E-state index contributed by atoms with van der Waals surface area (Å²) in [5.41, 5.74) is 3.98. The molecule has 0 aliphatic carbocycles. The van der Waals surface area contributed by atoms with E-state index in [1.54, 1.807) is 13.2 Å². The summed E-state index contributed by atoms with van der Waals surface area (Å²) in [6.07, 6.45) is 1.91. The van der Waals surface area contributed by atoms with Gasteiger partial charge in [-0.1, -0.05) is 32.0 Å². The topological polar surface area (TPSA) is 48.7 Å². The van der Waals surface area contributed by atoms with E-state index in [1.807, 2.05) is 30.3 Å². The van der Waals surface area contributed by atoms with Crippen molar-refractivity contribution in [1.82, 2.24) is 0 Å². The summed E-state index contributed by atoms with van der Waals surface area (Å²) in [6.45, 7) is 6.91. The molecule has 0 atom stereocenters. The van der Waals surface area contributed by atoms with Crippen LogP contribution in [0.1, 0.15) is 43.4 Å². The first-order valence-corrected chi connectivity index (χ1v) is 9.85. The van der Waals surface area contributed by atoms with Crippen molar-refractivity contribution >= 4 is 32.9 Å². The lowest BCUT2D eigenvalue weighted by Gasteiger charge is -2.17. The molecule has 27 heavy (non-hydrogen) atoms. The zero-order chi connectivity index (χ0) is 19.4. The van der Waals surface area contributed by atoms with Crippen molar-refractivity contribution in [1.29, 1.82) is 0 Å². The van der Waals surface area contributed by atoms with E-state index >= 15 is 0 Å². The highest BCUT2D eigenvalue weighted by Crippen LogP contribution is 2.35. The molecule has 2 aromatic carbocycles. The van der Waals surface area contributed by atoms with E-state index in [-0.39, 0.29) is 12.4 Å². The summed E-state index contributed by atoms with van der Waals surface area (Å²) in [5.74, 6) is 0.772. The SMILES string of the molecule is CCOC(=O)Cc1ccccc1OCc1cc(Br)c2occc2c1C(C)C. The van der Waals surface area contributed by atoms with E-state index in [1.165, 1.54) is 5.56 Å². The summed E-state index contributed by atoms with van der Waals surface area (Å²) in [6, 6.07) is 11.6. The van der Waals surface area contributed by atoms with Gasteiger partial charge in [0, 0.05) is 10.9 Å². The average molecular weight is 431 g/mol. The van der Waals surface area contributed by atoms with Crippen LogP contribution in [0.2, 0.25) is 0 Å². The van der Waals surface area contributed by atoms with Gasteiger partial charge >= 0.3 is 5.97 Å². The maximum absolute atomic E-state index is 11.8. The third kappa shape index (κ3) is 4.35. The molecular formula is C22H23BrO4. The number of carbonyl (C=O) groups is 1. The van der Waals surface area contributed by atoms with Crippen molar-refractivity contribution in [2.75, 3.05) is 6.61 Å². The number of furan rings is 1. The van der Waals surface area contributed by atoms with Crippen LogP contribution in [-0.4, -0.2) is 12.6 Å². The normalized spacial score (nSPS) is 11.1. The quantitative estimate of drug-likeness (QED) is 0.431. The number of hydrogen-bond donors (Lipinski definition) is 0. The van der Waals surface area contributed by atoms with Crippen molar-refractivity contribution in [2.45, 2.75) is 39.7 Å². The Kier molecular flexibility index (Phi) is 6.22. The zero-order valence-electron chi connectivity index (χ0n) is 15.8. The molecule has 0 fully saturated rings. The molecule has 0 spiro atoms. The summed E-state index contributed by atoms with van der Waals surface area (Å²) in [4.78, 5) is 11.8. The molecule has 3 rings (SSSR count). The fourth-order valence-corrected chi connectivity index (χ4v) is 3.87. The Morgan fingerprint density at radius 3 is 2.70 bits per heavy atom. The van der Waals surface area contributed by atoms with Crippen molar-refractivity contribution in [3.05, 3.63) is 63.8 Å². The smallest absolute Gasteiger partial charge is 0.310 e. The summed E-state index contributed by atoms with van der Waals surface area (Å²) < 4.78 is 17.7. The Morgan fingerprint density at radius 1 is 1.19 bits per heavy atom. The van der Waals surface area contributed by atoms with Crippen molar-refractivity contribution in [2.24, 2.45) is 0 Å². The predicted octanol–water partition coefficient (Wildman–Crippen LogP) is 6.00. The van der Waals surface area contributed by atoms with E-state index in [9.17, 15) is 4.79 Å². The molecule has 1 aromatic heterocycles. The van der Waals surface area contributed by atoms with Gasteiger partial charge in [0.05, 0.1) is 23.8 Å². The highest BCUT2D eigenvalue weighted by molar-refractivity contribution is 9.10. The lowest BCUT2D eigenvalue weighted by molar-refractivity contribution is -0.142. The van der Waals surface area contributed by atoms with Crippen molar-refractivity contribution < 1.29 is 18.7 Å². The van der Waals surface area contributed by atoms with Crippen LogP contribution in [0.4, 0.5) is 0 Å². The van der Waals surface area contributed by atoms with E-state index in [0.29, 0.717) is 24.9 Å². The molecule has 0 saturated heterocycles. The minimum atomic E-state index is -0.251. The first kappa shape index (κ1) is 19.5. The number of esters is 1. The molecule has 0 aliphatic rings. The number of carbonyl (C=O) groups excluding carboxylic acids is 1. The molecule has 5 heteroatoms. The molecule has 0 radical (unpaired) electrons. The molecule has 142 valence electrons. The number of para-hydroxylation sites is 1. The Balaban J connectivity index is 1.87. The summed E-state index contributed by atoms with van der Waals surface area (Å²) in [5, 5.41) is 1.10. The van der Waals surface area contributed by atoms with Crippen LogP contribution >= 0.6 is 15.9 Å². The van der Waals surface area contributed by atoms with Crippen LogP contribution in [0.3, 0.4) is 0 Å². The van der Waals surface area contributed by atoms with Gasteiger partial charge in [-0.15, -0.1) is 0 Å². The minimum absolute atomic E-state index is 0.200. The van der Waals surface area contributed by atoms with Crippen LogP contribution in [0.25, 0.3) is 11.0 Å². The minimum Gasteiger partial charge on any atom is -0.489 e. The third-order valence-corrected chi connectivity index (χ3v) is 4.98. The maximum atomic E-state index is 11.8. The number of halogens is 1. The summed E-state index contributed by atoms with van der Waals surface area (Å²) in [7, 11) is 0. The number of rotatable bonds is 7. The molecule has 0 saturated carbocycles. The Morgan fingerprint density at radius 2 is 1.96 bits per heavy atom. The molecule has 0 bridgehead atoms. The highest BCUT2D eigenvalue weighted by Gasteiger charge is 2.17. The van der Waals surface area contributed by atoms with Gasteiger partial charge in [0.1, 0.15) is 17.9 Å². The lowest BCUT2D eigenvalue weighted by Crippen LogP contribution is -2.09. The van der Waals surface area contributed by atoms with Gasteiger partial charge in [0.15, 0.2) is 0 Å². The molecule has 1 heterocycles. The van der Waals surface area contributed by atoms with E-state index in [2.05, 4.69) is 35.8 Å². The molecule has 0 aliphatic heterocycles. The second kappa shape index (κ2) is 8.61. The number of ether oxygens (including phenoxy) is 2. The van der Waals surface area contributed by atoms with Crippen molar-refractivity contribution in [3.63, 3.8) is 0 Å². The van der Waals surface area contributed by atoms with E-state index < -0.39 is 0 Å². The van der Waals surface area contributed by atoms with Gasteiger partial charge in [-0.2, -0.15) is 0 Å². The van der Waals surface area contributed by atoms with Gasteiger partial charge in [-0.05, 0) is 58.1 Å². The number of benzene rings is 2. The van der Waals surface area contributed by atoms with Crippen LogP contribution < -0.4 is 4.74 Å². The molecule has 0 amide bonds. The molecular weight excluding hydrogens is 408 g/mol. The van der Waals surface area contributed by atoms with E-state index in [0.717, 1.165) is 26.6 Å². The second-order valence-corrected chi connectivity index (χ2v) is 7.48. The van der Waals surface area contributed by atoms with Gasteiger partial charge in [0.2, 0.25) is 0 Å². The highest BCUT2D eigenvalue weighted by atomic mass is 79.9. The third-order valence-electron chi connectivity index (χ3n) is 4.39. The van der Waals surface area contributed by atoms with Gasteiger partial charge in [-0.25, -0.2) is 0 Å². The van der Waals surface area contributed by atoms with E-state index in [4.69, 9.17) is 13.9 Å². The number of hydrogen-bond acceptors (Lipinski definition) is 4. The molecule has 4 nitrogen and oxygen atoms in total. The second-order valence-electron chi connectivity index (χ2n) is 6.63. The summed E-state index contributed by atoms with van der Waals surface area (Å²) >= 11 is 3.59. The van der Waals surface area contributed by atoms with Crippen LogP contribution in [0, 0.1) is 0 Å². The molecule has 3 aromatic rings. The standard InChI is InChI=1S/C22H23BrO4/c1-4-25-20(24)12-15-7-5-6-8-19(15)27-13-16-11-18(23)22-17(9-10-26-22)21(16)14(2)3/h5-11,14H,4,12-13H2,1-3H3. The molecule has 0 unspecified atom stereocenters. The fraction of sp³-hybridized carbons (Fsp3) is 0.318. The Labute approximate surface area is 167 Å². The van der Waals surface area contributed by atoms with Crippen LogP contribution in [0.15, 0.2) is 51.6 Å². The average Bonchev–Trinajstić information content (AvgIpc) is 3.11. The largest absolute Gasteiger partial charge is 0.489 e. The monoisotopic (exact) mass is 430 g/mol. The van der Waals surface area contributed by atoms with Crippen molar-refractivity contribution in [3.8, 4) is 5.75 Å². The fourth-order valence-electron chi connectivity index (χ4n) is 3.29. The van der Waals surface area contributed by atoms with Crippen LogP contribution in [-0.2, 0) is 22.6 Å². The number of fused-ring (bicyclic) bond motifs is 1. The molecule has 0 N–H and O–H groups in total. The predicted molar refractivity (Wildman–Crippen MR) is 109 cm³/mol. The maximum Gasteiger partial charge on any atom is 0.310 e. The van der Waals surface area contributed by atoms with Gasteiger partial charge in [0.25, 0.3) is 0 Å². The van der Waals surface area contributed by atoms with Gasteiger partial charge in [-0.3, -0.25) is 4.79 Å². The van der Waals surface area contributed by atoms with Crippen LogP contribution in [0.5, 0.6) is 5.75 Å². The Bertz CT molecular complexity index is 943. The first-order chi connectivity index (χ1) is 13.0. The first-order valence-electron chi connectivity index (χ1n) is 9.06.